The van der Waals surface area contributed by atoms with Gasteiger partial charge in [0.15, 0.2) is 5.69 Å². The van der Waals surface area contributed by atoms with E-state index in [0.717, 1.165) is 59.6 Å². The molecule has 2 atom stereocenters. The average molecular weight is 596 g/mol. The molecule has 0 radical (unpaired) electrons. The summed E-state index contributed by atoms with van der Waals surface area (Å²) in [5, 5.41) is 13.7. The second-order valence-corrected chi connectivity index (χ2v) is 11.7. The van der Waals surface area contributed by atoms with Crippen LogP contribution in [0.5, 0.6) is 0 Å². The maximum atomic E-state index is 13.9. The van der Waals surface area contributed by atoms with Crippen LogP contribution in [0, 0.1) is 0 Å². The van der Waals surface area contributed by atoms with Gasteiger partial charge in [-0.15, -0.1) is 4.31 Å². The van der Waals surface area contributed by atoms with Gasteiger partial charge in [-0.1, -0.05) is 29.8 Å². The van der Waals surface area contributed by atoms with Crippen molar-refractivity contribution in [2.45, 2.75) is 25.1 Å². The molecule has 1 aromatic heterocycles. The van der Waals surface area contributed by atoms with Crippen molar-refractivity contribution in [2.24, 2.45) is 0 Å². The number of hydrogen-bond acceptors (Lipinski definition) is 6. The third kappa shape index (κ3) is 5.90. The summed E-state index contributed by atoms with van der Waals surface area (Å²) >= 11 is 5.39. The van der Waals surface area contributed by atoms with Gasteiger partial charge in [-0.25, -0.2) is 4.79 Å². The van der Waals surface area contributed by atoms with Gasteiger partial charge in [-0.3, -0.25) is 4.68 Å². The minimum absolute atomic E-state index is 0.221. The maximum Gasteiger partial charge on any atom is 0.433 e. The Kier molecular flexibility index (Phi) is 8.23. The van der Waals surface area contributed by atoms with Gasteiger partial charge in [0.1, 0.15) is 11.8 Å². The molecule has 1 N–H and O–H groups in total. The number of carboxylic acids is 1. The first-order chi connectivity index (χ1) is 19.0. The van der Waals surface area contributed by atoms with Crippen LogP contribution < -0.4 is 9.80 Å². The topological polar surface area (TPSA) is 87.9 Å². The number of rotatable bonds is 6. The Balaban J connectivity index is 1.40. The molecule has 2 saturated heterocycles. The summed E-state index contributed by atoms with van der Waals surface area (Å²) < 4.78 is 56.1. The smallest absolute Gasteiger partial charge is 0.433 e. The molecule has 40 heavy (non-hydrogen) atoms. The molecule has 2 aliphatic rings. The van der Waals surface area contributed by atoms with E-state index in [4.69, 9.17) is 11.6 Å². The second kappa shape index (κ2) is 11.5. The quantitative estimate of drug-likeness (QED) is 0.393. The second-order valence-electron chi connectivity index (χ2n) is 9.94. The molecule has 13 heteroatoms. The minimum atomic E-state index is -4.85. The molecule has 8 nitrogen and oxygen atoms in total. The number of halogens is 4. The fourth-order valence-electron chi connectivity index (χ4n) is 5.52. The normalized spacial score (nSPS) is 19.6. The van der Waals surface area contributed by atoms with Gasteiger partial charge in [0, 0.05) is 59.5 Å². The van der Waals surface area contributed by atoms with Gasteiger partial charge in [-0.2, -0.15) is 18.3 Å². The maximum absolute atomic E-state index is 13.9. The van der Waals surface area contributed by atoms with Crippen LogP contribution >= 0.6 is 11.6 Å². The molecule has 0 saturated carbocycles. The van der Waals surface area contributed by atoms with Crippen molar-refractivity contribution in [3.8, 4) is 11.1 Å². The summed E-state index contributed by atoms with van der Waals surface area (Å²) in [6, 6.07) is 13.0. The molecule has 5 rings (SSSR count). The van der Waals surface area contributed by atoms with E-state index >= 15 is 0 Å². The number of anilines is 2. The zero-order chi connectivity index (χ0) is 28.6. The van der Waals surface area contributed by atoms with Crippen LogP contribution in [-0.2, 0) is 17.5 Å². The lowest BCUT2D eigenvalue weighted by atomic mass is 9.99. The van der Waals surface area contributed by atoms with E-state index in [1.165, 1.54) is 0 Å². The summed E-state index contributed by atoms with van der Waals surface area (Å²) in [5.74, 6) is -1.66. The number of piperazine rings is 1. The third-order valence-electron chi connectivity index (χ3n) is 7.48. The lowest BCUT2D eigenvalue weighted by Crippen LogP contribution is -2.48. The monoisotopic (exact) mass is 595 g/mol. The van der Waals surface area contributed by atoms with E-state index in [-0.39, 0.29) is 6.54 Å². The van der Waals surface area contributed by atoms with Crippen molar-refractivity contribution < 1.29 is 27.6 Å². The van der Waals surface area contributed by atoms with E-state index in [2.05, 4.69) is 10.00 Å². The van der Waals surface area contributed by atoms with Crippen LogP contribution in [0.25, 0.3) is 11.1 Å². The first kappa shape index (κ1) is 28.6. The van der Waals surface area contributed by atoms with Crippen molar-refractivity contribution in [3.05, 3.63) is 64.9 Å². The predicted molar refractivity (Wildman–Crippen MR) is 149 cm³/mol. The van der Waals surface area contributed by atoms with Gasteiger partial charge in [0.25, 0.3) is 0 Å². The molecule has 2 aliphatic heterocycles. The number of alkyl halides is 3. The summed E-state index contributed by atoms with van der Waals surface area (Å²) in [4.78, 5) is 15.7. The third-order valence-corrected chi connectivity index (χ3v) is 8.81. The molecule has 214 valence electrons. The Morgan fingerprint density at radius 3 is 2.40 bits per heavy atom. The number of carbonyl (C=O) groups is 1. The molecular weight excluding hydrogens is 567 g/mol. The van der Waals surface area contributed by atoms with Crippen LogP contribution in [0.3, 0.4) is 0 Å². The van der Waals surface area contributed by atoms with E-state index in [9.17, 15) is 27.6 Å². The number of aromatic carboxylic acids is 1. The van der Waals surface area contributed by atoms with Crippen LogP contribution in [0.4, 0.5) is 24.5 Å². The van der Waals surface area contributed by atoms with Gasteiger partial charge in [0.05, 0.1) is 25.3 Å². The van der Waals surface area contributed by atoms with Gasteiger partial charge < -0.3 is 19.5 Å². The van der Waals surface area contributed by atoms with Crippen LogP contribution in [0.2, 0.25) is 5.02 Å². The molecule has 3 aromatic rings. The Labute approximate surface area is 238 Å². The van der Waals surface area contributed by atoms with E-state index in [1.807, 2.05) is 45.6 Å². The van der Waals surface area contributed by atoms with Crippen molar-refractivity contribution in [1.82, 2.24) is 14.1 Å². The highest BCUT2D eigenvalue weighted by Gasteiger charge is 2.42. The van der Waals surface area contributed by atoms with Crippen LogP contribution in [-0.4, -0.2) is 75.2 Å². The molecule has 2 aromatic carbocycles. The lowest BCUT2D eigenvalue weighted by Gasteiger charge is -2.36. The van der Waals surface area contributed by atoms with Gasteiger partial charge >= 0.3 is 12.1 Å². The highest BCUT2D eigenvalue weighted by atomic mass is 35.5. The van der Waals surface area contributed by atoms with Crippen LogP contribution in [0.15, 0.2) is 48.7 Å². The van der Waals surface area contributed by atoms with E-state index in [0.29, 0.717) is 24.4 Å². The Bertz CT molecular complexity index is 1360. The fraction of sp³-hybridized carbons (Fsp3) is 0.407. The number of carboxylic acid groups (broad SMARTS) is 1. The molecule has 0 spiro atoms. The highest BCUT2D eigenvalue weighted by Crippen LogP contribution is 2.39. The summed E-state index contributed by atoms with van der Waals surface area (Å²) in [5.41, 5.74) is 1.60. The van der Waals surface area contributed by atoms with Crippen molar-refractivity contribution >= 4 is 40.3 Å². The van der Waals surface area contributed by atoms with E-state index < -0.39 is 40.8 Å². The molecule has 2 fully saturated rings. The Morgan fingerprint density at radius 1 is 1.07 bits per heavy atom. The number of hydrogen-bond donors (Lipinski definition) is 1. The lowest BCUT2D eigenvalue weighted by molar-refractivity contribution is -0.145. The first-order valence-electron chi connectivity index (χ1n) is 12.9. The number of nitrogens with zero attached hydrogens (tertiary/aromatic N) is 5. The van der Waals surface area contributed by atoms with E-state index in [1.54, 1.807) is 12.3 Å². The molecule has 0 bridgehead atoms. The standard InChI is InChI=1S/C27H29ClF3N5O3S/c1-40(39)35-13-11-33(12-14-35)20-7-4-18(5-8-20)22-9-6-19(28)15-24(22)34-10-2-3-21(17-34)36-25(27(29,30)31)23(16-32-36)26(37)38/h4-9,15-16,21H,2-3,10-14,17H2,1H3,(H,37,38). The van der Waals surface area contributed by atoms with Gasteiger partial charge in [-0.05, 0) is 42.7 Å². The zero-order valence-electron chi connectivity index (χ0n) is 21.8. The molecule has 3 heterocycles. The molecule has 0 amide bonds. The predicted octanol–water partition coefficient (Wildman–Crippen LogP) is 5.18. The van der Waals surface area contributed by atoms with Crippen molar-refractivity contribution in [1.29, 1.82) is 0 Å². The summed E-state index contributed by atoms with van der Waals surface area (Å²) in [6.07, 6.45) is -1.35. The molecule has 0 aliphatic carbocycles. The summed E-state index contributed by atoms with van der Waals surface area (Å²) in [7, 11) is 0. The fourth-order valence-corrected chi connectivity index (χ4v) is 6.36. The SMILES string of the molecule is C[S+]([O-])N1CCN(c2ccc(-c3ccc(Cl)cc3N3CCCC(n4ncc(C(=O)O)c4C(F)(F)F)C3)cc2)CC1. The minimum Gasteiger partial charge on any atom is -0.598 e. The highest BCUT2D eigenvalue weighted by molar-refractivity contribution is 7.88. The van der Waals surface area contributed by atoms with Crippen molar-refractivity contribution in [2.75, 3.05) is 55.3 Å². The number of benzene rings is 2. The zero-order valence-corrected chi connectivity index (χ0v) is 23.3. The van der Waals surface area contributed by atoms with Crippen LogP contribution in [0.1, 0.15) is 34.9 Å². The first-order valence-corrected chi connectivity index (χ1v) is 14.8. The van der Waals surface area contributed by atoms with Crippen molar-refractivity contribution in [3.63, 3.8) is 0 Å². The molecule has 2 unspecified atom stereocenters. The average Bonchev–Trinajstić information content (AvgIpc) is 3.40. The number of piperidine rings is 1. The number of aromatic nitrogens is 2. The Morgan fingerprint density at radius 2 is 1.77 bits per heavy atom. The largest absolute Gasteiger partial charge is 0.598 e. The van der Waals surface area contributed by atoms with Gasteiger partial charge in [0.2, 0.25) is 0 Å². The Hall–Kier alpha value is -2.93. The molecular formula is C27H29ClF3N5O3S. The summed E-state index contributed by atoms with van der Waals surface area (Å²) in [6.45, 7) is 3.83.